The molecule has 0 atom stereocenters. The monoisotopic (exact) mass is 294 g/mol. The van der Waals surface area contributed by atoms with Gasteiger partial charge in [0.15, 0.2) is 0 Å². The summed E-state index contributed by atoms with van der Waals surface area (Å²) in [6, 6.07) is 10.4. The third-order valence-electron chi connectivity index (χ3n) is 3.75. The number of rotatable bonds is 11. The molecule has 0 nitrogen and oxygen atoms in total. The van der Waals surface area contributed by atoms with E-state index >= 15 is 0 Å². The molecule has 1 aromatic rings. The lowest BCUT2D eigenvalue weighted by molar-refractivity contribution is 0.608. The third-order valence-corrected chi connectivity index (χ3v) is 3.75. The second kappa shape index (κ2) is 11.8. The maximum atomic E-state index is 4.17. The Morgan fingerprint density at radius 3 is 2.32 bits per heavy atom. The van der Waals surface area contributed by atoms with Crippen molar-refractivity contribution in [2.75, 3.05) is 0 Å². The average Bonchev–Trinajstić information content (AvgIpc) is 2.55. The molecule has 0 heteroatoms. The maximum absolute atomic E-state index is 4.17. The summed E-state index contributed by atoms with van der Waals surface area (Å²) in [6.07, 6.45) is 17.3. The standard InChI is InChI=1S/C22H30/c1-4-6-7-8-9-11-15-20(3)18-19-21(14-5-2)22-16-12-10-13-17-22/h5,10,12-14,16-19H,2-4,6-9,11,15H2,1H3. The zero-order valence-electron chi connectivity index (χ0n) is 14.1. The average molecular weight is 294 g/mol. The van der Waals surface area contributed by atoms with Crippen molar-refractivity contribution in [2.45, 2.75) is 51.9 Å². The minimum absolute atomic E-state index is 1.10. The van der Waals surface area contributed by atoms with Gasteiger partial charge in [-0.1, -0.05) is 112 Å². The number of allylic oxidation sites excluding steroid dienone is 6. The highest BCUT2D eigenvalue weighted by Gasteiger charge is 1.97. The van der Waals surface area contributed by atoms with E-state index < -0.39 is 0 Å². The van der Waals surface area contributed by atoms with Crippen LogP contribution in [0, 0.1) is 0 Å². The largest absolute Gasteiger partial charge is 0.0990 e. The van der Waals surface area contributed by atoms with Crippen LogP contribution in [-0.2, 0) is 0 Å². The van der Waals surface area contributed by atoms with Crippen LogP contribution in [0.15, 0.2) is 73.4 Å². The summed E-state index contributed by atoms with van der Waals surface area (Å²) in [6.45, 7) is 10.2. The minimum atomic E-state index is 1.10. The van der Waals surface area contributed by atoms with Crippen molar-refractivity contribution in [1.29, 1.82) is 0 Å². The Kier molecular flexibility index (Phi) is 9.78. The third kappa shape index (κ3) is 7.83. The van der Waals surface area contributed by atoms with Crippen LogP contribution in [0.2, 0.25) is 0 Å². The Bertz CT molecular complexity index is 488. The zero-order chi connectivity index (χ0) is 16.0. The molecule has 0 saturated carbocycles. The summed E-state index contributed by atoms with van der Waals surface area (Å²) in [7, 11) is 0. The first-order valence-electron chi connectivity index (χ1n) is 8.52. The van der Waals surface area contributed by atoms with Gasteiger partial charge in [-0.3, -0.25) is 0 Å². The molecule has 0 fully saturated rings. The Labute approximate surface area is 137 Å². The van der Waals surface area contributed by atoms with Gasteiger partial charge in [-0.25, -0.2) is 0 Å². The van der Waals surface area contributed by atoms with E-state index in [2.05, 4.69) is 56.5 Å². The fourth-order valence-corrected chi connectivity index (χ4v) is 2.43. The molecule has 0 amide bonds. The van der Waals surface area contributed by atoms with E-state index in [9.17, 15) is 0 Å². The van der Waals surface area contributed by atoms with Gasteiger partial charge in [0, 0.05) is 0 Å². The first-order valence-corrected chi connectivity index (χ1v) is 8.52. The van der Waals surface area contributed by atoms with Gasteiger partial charge in [0.05, 0.1) is 0 Å². The smallest absolute Gasteiger partial charge is 0.0184 e. The molecule has 118 valence electrons. The highest BCUT2D eigenvalue weighted by atomic mass is 14.0. The van der Waals surface area contributed by atoms with Crippen molar-refractivity contribution in [3.8, 4) is 0 Å². The van der Waals surface area contributed by atoms with Crippen LogP contribution in [0.25, 0.3) is 5.57 Å². The van der Waals surface area contributed by atoms with Crippen molar-refractivity contribution >= 4 is 5.57 Å². The molecule has 1 rings (SSSR count). The first kappa shape index (κ1) is 18.2. The van der Waals surface area contributed by atoms with Crippen molar-refractivity contribution in [3.63, 3.8) is 0 Å². The van der Waals surface area contributed by atoms with E-state index in [4.69, 9.17) is 0 Å². The molecule has 0 unspecified atom stereocenters. The van der Waals surface area contributed by atoms with Gasteiger partial charge in [0.2, 0.25) is 0 Å². The molecule has 0 N–H and O–H groups in total. The highest BCUT2D eigenvalue weighted by Crippen LogP contribution is 2.18. The Balaban J connectivity index is 2.42. The van der Waals surface area contributed by atoms with Crippen LogP contribution in [0.1, 0.15) is 57.4 Å². The molecular weight excluding hydrogens is 264 g/mol. The zero-order valence-corrected chi connectivity index (χ0v) is 14.1. The molecule has 22 heavy (non-hydrogen) atoms. The molecule has 0 aliphatic carbocycles. The number of unbranched alkanes of at least 4 members (excludes halogenated alkanes) is 5. The predicted octanol–water partition coefficient (Wildman–Crippen LogP) is 7.12. The van der Waals surface area contributed by atoms with Crippen LogP contribution in [-0.4, -0.2) is 0 Å². The molecule has 0 saturated heterocycles. The van der Waals surface area contributed by atoms with Gasteiger partial charge in [0.25, 0.3) is 0 Å². The fourth-order valence-electron chi connectivity index (χ4n) is 2.43. The summed E-state index contributed by atoms with van der Waals surface area (Å²) in [5.41, 5.74) is 3.60. The Hall–Kier alpha value is -1.82. The Morgan fingerprint density at radius 1 is 0.955 bits per heavy atom. The first-order chi connectivity index (χ1) is 10.8. The van der Waals surface area contributed by atoms with Crippen LogP contribution in [0.3, 0.4) is 0 Å². The van der Waals surface area contributed by atoms with Gasteiger partial charge in [-0.05, 0) is 24.0 Å². The predicted molar refractivity (Wildman–Crippen MR) is 101 cm³/mol. The SMILES string of the molecule is C=CC=C(C=CC(=C)CCCCCCCC)c1ccccc1. The summed E-state index contributed by atoms with van der Waals surface area (Å²) in [5, 5.41) is 0. The lowest BCUT2D eigenvalue weighted by Gasteiger charge is -2.04. The van der Waals surface area contributed by atoms with Crippen LogP contribution in [0.4, 0.5) is 0 Å². The highest BCUT2D eigenvalue weighted by molar-refractivity contribution is 5.75. The van der Waals surface area contributed by atoms with Crippen LogP contribution in [0.5, 0.6) is 0 Å². The van der Waals surface area contributed by atoms with Gasteiger partial charge in [0.1, 0.15) is 0 Å². The van der Waals surface area contributed by atoms with E-state index in [0.29, 0.717) is 0 Å². The van der Waals surface area contributed by atoms with E-state index in [1.54, 1.807) is 0 Å². The molecule has 0 heterocycles. The molecule has 0 bridgehead atoms. The molecular formula is C22H30. The van der Waals surface area contributed by atoms with E-state index in [-0.39, 0.29) is 0 Å². The van der Waals surface area contributed by atoms with Gasteiger partial charge in [-0.2, -0.15) is 0 Å². The van der Waals surface area contributed by atoms with Crippen molar-refractivity contribution in [3.05, 3.63) is 78.9 Å². The normalized spacial score (nSPS) is 11.8. The number of benzene rings is 1. The minimum Gasteiger partial charge on any atom is -0.0990 e. The lowest BCUT2D eigenvalue weighted by atomic mass is 10.0. The lowest BCUT2D eigenvalue weighted by Crippen LogP contribution is -1.83. The molecule has 0 radical (unpaired) electrons. The topological polar surface area (TPSA) is 0 Å². The van der Waals surface area contributed by atoms with E-state index in [0.717, 1.165) is 6.42 Å². The van der Waals surface area contributed by atoms with Gasteiger partial charge < -0.3 is 0 Å². The van der Waals surface area contributed by atoms with Gasteiger partial charge >= 0.3 is 0 Å². The van der Waals surface area contributed by atoms with Crippen LogP contribution >= 0.6 is 0 Å². The summed E-state index contributed by atoms with van der Waals surface area (Å²) < 4.78 is 0. The van der Waals surface area contributed by atoms with Crippen LogP contribution < -0.4 is 0 Å². The quantitative estimate of drug-likeness (QED) is 0.301. The van der Waals surface area contributed by atoms with Crippen molar-refractivity contribution in [2.24, 2.45) is 0 Å². The van der Waals surface area contributed by atoms with E-state index in [1.165, 1.54) is 55.2 Å². The maximum Gasteiger partial charge on any atom is -0.0184 e. The molecule has 0 aromatic heterocycles. The fraction of sp³-hybridized carbons (Fsp3) is 0.364. The number of hydrogen-bond acceptors (Lipinski definition) is 0. The second-order valence-corrected chi connectivity index (χ2v) is 5.73. The second-order valence-electron chi connectivity index (χ2n) is 5.73. The molecule has 0 aliphatic heterocycles. The summed E-state index contributed by atoms with van der Waals surface area (Å²) in [5.74, 6) is 0. The van der Waals surface area contributed by atoms with Crippen molar-refractivity contribution in [1.82, 2.24) is 0 Å². The summed E-state index contributed by atoms with van der Waals surface area (Å²) in [4.78, 5) is 0. The number of hydrogen-bond donors (Lipinski definition) is 0. The van der Waals surface area contributed by atoms with Gasteiger partial charge in [-0.15, -0.1) is 0 Å². The molecule has 1 aromatic carbocycles. The van der Waals surface area contributed by atoms with E-state index in [1.807, 2.05) is 18.2 Å². The van der Waals surface area contributed by atoms with Crippen molar-refractivity contribution < 1.29 is 0 Å². The Morgan fingerprint density at radius 2 is 1.64 bits per heavy atom. The summed E-state index contributed by atoms with van der Waals surface area (Å²) >= 11 is 0. The molecule has 0 aliphatic rings. The molecule has 0 spiro atoms.